The van der Waals surface area contributed by atoms with E-state index in [4.69, 9.17) is 0 Å². The van der Waals surface area contributed by atoms with Gasteiger partial charge in [0.25, 0.3) is 0 Å². The molecule has 0 bridgehead atoms. The van der Waals surface area contributed by atoms with Crippen LogP contribution < -0.4 is 29.6 Å². The SMILES string of the molecule is CCCCCCCCCCCCCCC(O)CCCCCC(CCC)S(=O)(=O)[O-].[Na+]. The zero-order chi connectivity index (χ0) is 21.8. The quantitative estimate of drug-likeness (QED) is 0.151. The predicted molar refractivity (Wildman–Crippen MR) is 123 cm³/mol. The van der Waals surface area contributed by atoms with E-state index in [2.05, 4.69) is 6.92 Å². The molecule has 0 aliphatic heterocycles. The van der Waals surface area contributed by atoms with Crippen molar-refractivity contribution >= 4 is 10.1 Å². The molecule has 6 heteroatoms. The van der Waals surface area contributed by atoms with Gasteiger partial charge in [-0.15, -0.1) is 0 Å². The first-order valence-electron chi connectivity index (χ1n) is 12.5. The molecule has 0 radical (unpaired) electrons. The maximum absolute atomic E-state index is 11.2. The molecular weight excluding hydrogens is 407 g/mol. The Morgan fingerprint density at radius 1 is 0.600 bits per heavy atom. The van der Waals surface area contributed by atoms with Gasteiger partial charge in [-0.05, 0) is 25.7 Å². The third-order valence-corrected chi connectivity index (χ3v) is 7.26. The molecule has 176 valence electrons. The summed E-state index contributed by atoms with van der Waals surface area (Å²) in [6.07, 6.45) is 21.6. The number of hydrogen-bond acceptors (Lipinski definition) is 4. The van der Waals surface area contributed by atoms with Crippen LogP contribution in [0, 0.1) is 0 Å². The number of rotatable bonds is 22. The van der Waals surface area contributed by atoms with Gasteiger partial charge in [0.15, 0.2) is 0 Å². The average Bonchev–Trinajstić information content (AvgIpc) is 2.67. The third kappa shape index (κ3) is 22.1. The fraction of sp³-hybridized carbons (Fsp3) is 1.00. The van der Waals surface area contributed by atoms with E-state index in [-0.39, 0.29) is 35.7 Å². The second kappa shape index (κ2) is 23.0. The van der Waals surface area contributed by atoms with Crippen LogP contribution in [0.4, 0.5) is 0 Å². The van der Waals surface area contributed by atoms with Crippen LogP contribution in [-0.2, 0) is 10.1 Å². The summed E-state index contributed by atoms with van der Waals surface area (Å²) >= 11 is 0. The minimum Gasteiger partial charge on any atom is -0.748 e. The van der Waals surface area contributed by atoms with Gasteiger partial charge in [0.05, 0.1) is 16.2 Å². The zero-order valence-electron chi connectivity index (χ0n) is 20.4. The molecule has 0 aliphatic rings. The summed E-state index contributed by atoms with van der Waals surface area (Å²) in [4.78, 5) is 0. The maximum atomic E-state index is 11.2. The van der Waals surface area contributed by atoms with Crippen LogP contribution in [-0.4, -0.2) is 29.4 Å². The van der Waals surface area contributed by atoms with Gasteiger partial charge in [-0.1, -0.05) is 117 Å². The molecule has 2 unspecified atom stereocenters. The molecule has 0 fully saturated rings. The number of hydrogen-bond donors (Lipinski definition) is 1. The molecule has 0 aromatic rings. The summed E-state index contributed by atoms with van der Waals surface area (Å²) in [5.74, 6) is 0. The second-order valence-corrected chi connectivity index (χ2v) is 10.5. The largest absolute Gasteiger partial charge is 1.00 e. The van der Waals surface area contributed by atoms with Crippen molar-refractivity contribution in [2.45, 2.75) is 154 Å². The van der Waals surface area contributed by atoms with Gasteiger partial charge in [0.1, 0.15) is 0 Å². The number of aliphatic hydroxyl groups excluding tert-OH is 1. The van der Waals surface area contributed by atoms with Crippen LogP contribution >= 0.6 is 0 Å². The molecule has 0 aromatic heterocycles. The normalized spacial score (nSPS) is 13.7. The maximum Gasteiger partial charge on any atom is 1.00 e. The van der Waals surface area contributed by atoms with Gasteiger partial charge in [0, 0.05) is 5.25 Å². The van der Waals surface area contributed by atoms with Crippen LogP contribution in [0.15, 0.2) is 0 Å². The summed E-state index contributed by atoms with van der Waals surface area (Å²) in [5, 5.41) is 9.36. The van der Waals surface area contributed by atoms with Gasteiger partial charge >= 0.3 is 29.6 Å². The molecule has 0 spiro atoms. The van der Waals surface area contributed by atoms with Crippen LogP contribution in [0.1, 0.15) is 142 Å². The van der Waals surface area contributed by atoms with E-state index >= 15 is 0 Å². The van der Waals surface area contributed by atoms with E-state index in [1.54, 1.807) is 0 Å². The van der Waals surface area contributed by atoms with Gasteiger partial charge in [-0.3, -0.25) is 0 Å². The Morgan fingerprint density at radius 2 is 0.967 bits per heavy atom. The molecule has 4 nitrogen and oxygen atoms in total. The molecule has 0 amide bonds. The zero-order valence-corrected chi connectivity index (χ0v) is 23.2. The molecule has 0 rings (SSSR count). The smallest absolute Gasteiger partial charge is 0.748 e. The van der Waals surface area contributed by atoms with Gasteiger partial charge < -0.3 is 9.66 Å². The van der Waals surface area contributed by atoms with Gasteiger partial charge in [-0.2, -0.15) is 0 Å². The van der Waals surface area contributed by atoms with Gasteiger partial charge in [0.2, 0.25) is 0 Å². The van der Waals surface area contributed by atoms with Crippen molar-refractivity contribution in [1.29, 1.82) is 0 Å². The summed E-state index contributed by atoms with van der Waals surface area (Å²) in [5.41, 5.74) is 0. The van der Waals surface area contributed by atoms with Crippen molar-refractivity contribution in [1.82, 2.24) is 0 Å². The van der Waals surface area contributed by atoms with Crippen molar-refractivity contribution in [3.05, 3.63) is 0 Å². The van der Waals surface area contributed by atoms with Gasteiger partial charge in [-0.25, -0.2) is 8.42 Å². The summed E-state index contributed by atoms with van der Waals surface area (Å²) in [6.45, 7) is 4.17. The van der Waals surface area contributed by atoms with Crippen molar-refractivity contribution in [2.24, 2.45) is 0 Å². The minimum absolute atomic E-state index is 0. The fourth-order valence-corrected chi connectivity index (χ4v) is 5.03. The Labute approximate surface area is 210 Å². The Morgan fingerprint density at radius 3 is 1.37 bits per heavy atom. The first-order valence-corrected chi connectivity index (χ1v) is 14.0. The van der Waals surface area contributed by atoms with Crippen LogP contribution in [0.25, 0.3) is 0 Å². The summed E-state index contributed by atoms with van der Waals surface area (Å²) < 4.78 is 33.6. The first-order chi connectivity index (χ1) is 13.9. The van der Waals surface area contributed by atoms with Crippen molar-refractivity contribution in [3.63, 3.8) is 0 Å². The molecule has 2 atom stereocenters. The van der Waals surface area contributed by atoms with Crippen LogP contribution in [0.3, 0.4) is 0 Å². The molecular formula is C24H49NaO4S. The van der Waals surface area contributed by atoms with Crippen molar-refractivity contribution in [2.75, 3.05) is 0 Å². The van der Waals surface area contributed by atoms with Crippen molar-refractivity contribution < 1.29 is 47.6 Å². The topological polar surface area (TPSA) is 77.4 Å². The summed E-state index contributed by atoms with van der Waals surface area (Å²) in [7, 11) is -4.16. The Hall–Kier alpha value is 0.870. The molecule has 0 saturated heterocycles. The van der Waals surface area contributed by atoms with E-state index in [1.807, 2.05) is 6.92 Å². The number of unbranched alkanes of at least 4 members (excludes halogenated alkanes) is 13. The molecule has 0 heterocycles. The molecule has 0 aromatic carbocycles. The van der Waals surface area contributed by atoms with E-state index in [1.165, 1.54) is 70.6 Å². The Kier molecular flexibility index (Phi) is 25.4. The van der Waals surface area contributed by atoms with E-state index < -0.39 is 15.4 Å². The van der Waals surface area contributed by atoms with Crippen LogP contribution in [0.2, 0.25) is 0 Å². The van der Waals surface area contributed by atoms with Crippen molar-refractivity contribution in [3.8, 4) is 0 Å². The first kappa shape index (κ1) is 33.0. The third-order valence-electron chi connectivity index (χ3n) is 5.97. The number of aliphatic hydroxyl groups is 1. The standard InChI is InChI=1S/C24H50O4S.Na/c1-3-5-6-7-8-9-10-11-12-13-14-16-20-23(25)21-17-15-18-22-24(19-4-2)29(26,27)28;/h23-25H,3-22H2,1-2H3,(H,26,27,28);/q;+1/p-1. The monoisotopic (exact) mass is 456 g/mol. The molecule has 1 N–H and O–H groups in total. The minimum atomic E-state index is -4.16. The fourth-order valence-electron chi connectivity index (χ4n) is 4.05. The molecule has 0 aliphatic carbocycles. The van der Waals surface area contributed by atoms with E-state index in [0.29, 0.717) is 12.8 Å². The molecule has 30 heavy (non-hydrogen) atoms. The van der Waals surface area contributed by atoms with Crippen LogP contribution in [0.5, 0.6) is 0 Å². The Balaban J connectivity index is 0. The Bertz CT molecular complexity index is 442. The average molecular weight is 457 g/mol. The van der Waals surface area contributed by atoms with E-state index in [0.717, 1.165) is 44.9 Å². The second-order valence-electron chi connectivity index (χ2n) is 8.87. The molecule has 0 saturated carbocycles. The van der Waals surface area contributed by atoms with E-state index in [9.17, 15) is 18.1 Å². The summed E-state index contributed by atoms with van der Waals surface area (Å²) in [6, 6.07) is 0. The predicted octanol–water partition coefficient (Wildman–Crippen LogP) is 4.11.